The van der Waals surface area contributed by atoms with E-state index < -0.39 is 11.6 Å². The SMILES string of the molecule is COc1ccc(C(=O)NC(CNC(=O)C2CCN(C(=O)OC(C)(C)C)CC2)c2ccccc2)cc1. The quantitative estimate of drug-likeness (QED) is 0.625. The third-order valence-electron chi connectivity index (χ3n) is 5.86. The molecule has 0 aliphatic carbocycles. The van der Waals surface area contributed by atoms with E-state index in [1.54, 1.807) is 36.3 Å². The van der Waals surface area contributed by atoms with Crippen LogP contribution in [0.5, 0.6) is 5.75 Å². The summed E-state index contributed by atoms with van der Waals surface area (Å²) in [6.45, 7) is 6.72. The van der Waals surface area contributed by atoms with Crippen LogP contribution in [-0.2, 0) is 9.53 Å². The molecular formula is C27H35N3O5. The standard InChI is InChI=1S/C27H35N3O5/c1-27(2,3)35-26(33)30-16-14-21(15-17-30)24(31)28-18-23(19-8-6-5-7-9-19)29-25(32)20-10-12-22(34-4)13-11-20/h5-13,21,23H,14-18H2,1-4H3,(H,28,31)(H,29,32). The topological polar surface area (TPSA) is 97.0 Å². The minimum atomic E-state index is -0.548. The molecule has 1 saturated heterocycles. The number of nitrogens with one attached hydrogen (secondary N) is 2. The molecule has 0 radical (unpaired) electrons. The lowest BCUT2D eigenvalue weighted by atomic mass is 9.96. The molecule has 1 aliphatic heterocycles. The highest BCUT2D eigenvalue weighted by molar-refractivity contribution is 5.94. The maximum absolute atomic E-state index is 12.9. The largest absolute Gasteiger partial charge is 0.497 e. The minimum Gasteiger partial charge on any atom is -0.497 e. The Hall–Kier alpha value is -3.55. The molecule has 3 amide bonds. The highest BCUT2D eigenvalue weighted by Crippen LogP contribution is 2.21. The van der Waals surface area contributed by atoms with Crippen molar-refractivity contribution in [3.8, 4) is 5.75 Å². The van der Waals surface area contributed by atoms with E-state index in [2.05, 4.69) is 10.6 Å². The monoisotopic (exact) mass is 481 g/mol. The zero-order valence-electron chi connectivity index (χ0n) is 20.9. The Balaban J connectivity index is 1.57. The molecule has 188 valence electrons. The van der Waals surface area contributed by atoms with E-state index >= 15 is 0 Å². The molecule has 1 heterocycles. The van der Waals surface area contributed by atoms with Crippen molar-refractivity contribution in [3.05, 3.63) is 65.7 Å². The normalized spacial score (nSPS) is 15.1. The van der Waals surface area contributed by atoms with Crippen LogP contribution in [0.4, 0.5) is 4.79 Å². The molecule has 2 aromatic rings. The highest BCUT2D eigenvalue weighted by Gasteiger charge is 2.30. The summed E-state index contributed by atoms with van der Waals surface area (Å²) in [5, 5.41) is 6.03. The van der Waals surface area contributed by atoms with Gasteiger partial charge in [0.05, 0.1) is 13.2 Å². The van der Waals surface area contributed by atoms with Gasteiger partial charge in [0.25, 0.3) is 5.91 Å². The molecule has 1 aliphatic rings. The summed E-state index contributed by atoms with van der Waals surface area (Å²) in [5.41, 5.74) is 0.857. The molecule has 3 rings (SSSR count). The Morgan fingerprint density at radius 3 is 2.20 bits per heavy atom. The van der Waals surface area contributed by atoms with Gasteiger partial charge < -0.3 is 25.0 Å². The first kappa shape index (κ1) is 26.1. The molecule has 0 bridgehead atoms. The van der Waals surface area contributed by atoms with Gasteiger partial charge in [0, 0.05) is 31.1 Å². The number of carbonyl (C=O) groups is 3. The second-order valence-corrected chi connectivity index (χ2v) is 9.65. The molecule has 1 unspecified atom stereocenters. The summed E-state index contributed by atoms with van der Waals surface area (Å²) in [5.74, 6) is 0.170. The molecule has 8 heteroatoms. The van der Waals surface area contributed by atoms with Crippen LogP contribution in [0.25, 0.3) is 0 Å². The average Bonchev–Trinajstić information content (AvgIpc) is 2.85. The van der Waals surface area contributed by atoms with Gasteiger partial charge in [-0.15, -0.1) is 0 Å². The van der Waals surface area contributed by atoms with E-state index in [0.29, 0.717) is 37.2 Å². The zero-order chi connectivity index (χ0) is 25.4. The van der Waals surface area contributed by atoms with Gasteiger partial charge in [-0.25, -0.2) is 4.79 Å². The van der Waals surface area contributed by atoms with Crippen LogP contribution in [0.3, 0.4) is 0 Å². The van der Waals surface area contributed by atoms with Gasteiger partial charge in [0.2, 0.25) is 5.91 Å². The molecular weight excluding hydrogens is 446 g/mol. The van der Waals surface area contributed by atoms with Crippen molar-refractivity contribution in [2.45, 2.75) is 45.3 Å². The van der Waals surface area contributed by atoms with Crippen molar-refractivity contribution in [1.82, 2.24) is 15.5 Å². The fourth-order valence-electron chi connectivity index (χ4n) is 3.92. The Labute approximate surface area is 207 Å². The third-order valence-corrected chi connectivity index (χ3v) is 5.86. The van der Waals surface area contributed by atoms with Crippen molar-refractivity contribution in [2.24, 2.45) is 5.92 Å². The van der Waals surface area contributed by atoms with Crippen molar-refractivity contribution in [3.63, 3.8) is 0 Å². The molecule has 0 saturated carbocycles. The fourth-order valence-corrected chi connectivity index (χ4v) is 3.92. The molecule has 8 nitrogen and oxygen atoms in total. The molecule has 0 spiro atoms. The number of hydrogen-bond donors (Lipinski definition) is 2. The predicted molar refractivity (Wildman–Crippen MR) is 133 cm³/mol. The zero-order valence-corrected chi connectivity index (χ0v) is 20.9. The van der Waals surface area contributed by atoms with E-state index in [9.17, 15) is 14.4 Å². The first-order valence-electron chi connectivity index (χ1n) is 11.9. The van der Waals surface area contributed by atoms with E-state index in [0.717, 1.165) is 5.56 Å². The number of nitrogens with zero attached hydrogens (tertiary/aromatic N) is 1. The summed E-state index contributed by atoms with van der Waals surface area (Å²) in [6, 6.07) is 16.0. The van der Waals surface area contributed by atoms with Gasteiger partial charge in [-0.3, -0.25) is 9.59 Å². The fraction of sp³-hybridized carbons (Fsp3) is 0.444. The predicted octanol–water partition coefficient (Wildman–Crippen LogP) is 3.93. The van der Waals surface area contributed by atoms with Crippen molar-refractivity contribution >= 4 is 17.9 Å². The Morgan fingerprint density at radius 2 is 1.63 bits per heavy atom. The van der Waals surface area contributed by atoms with Crippen LogP contribution >= 0.6 is 0 Å². The van der Waals surface area contributed by atoms with Crippen LogP contribution in [0.2, 0.25) is 0 Å². The number of piperidine rings is 1. The maximum Gasteiger partial charge on any atom is 0.410 e. The first-order valence-corrected chi connectivity index (χ1v) is 11.9. The van der Waals surface area contributed by atoms with Gasteiger partial charge in [-0.1, -0.05) is 30.3 Å². The third kappa shape index (κ3) is 7.73. The van der Waals surface area contributed by atoms with Crippen molar-refractivity contribution in [1.29, 1.82) is 0 Å². The lowest BCUT2D eigenvalue weighted by Gasteiger charge is -2.33. The Bertz CT molecular complexity index is 994. The van der Waals surface area contributed by atoms with Crippen LogP contribution in [0, 0.1) is 5.92 Å². The summed E-state index contributed by atoms with van der Waals surface area (Å²) in [4.78, 5) is 39.7. The number of ether oxygens (including phenoxy) is 2. The van der Waals surface area contributed by atoms with Gasteiger partial charge >= 0.3 is 6.09 Å². The van der Waals surface area contributed by atoms with Gasteiger partial charge in [-0.05, 0) is 63.4 Å². The number of rotatable bonds is 7. The number of benzene rings is 2. The first-order chi connectivity index (χ1) is 16.7. The van der Waals surface area contributed by atoms with E-state index in [4.69, 9.17) is 9.47 Å². The number of amides is 3. The number of likely N-dealkylation sites (tertiary alicyclic amines) is 1. The van der Waals surface area contributed by atoms with Gasteiger partial charge in [-0.2, -0.15) is 0 Å². The highest BCUT2D eigenvalue weighted by atomic mass is 16.6. The summed E-state index contributed by atoms with van der Waals surface area (Å²) >= 11 is 0. The van der Waals surface area contributed by atoms with Crippen LogP contribution in [0.15, 0.2) is 54.6 Å². The molecule has 1 atom stereocenters. The van der Waals surface area contributed by atoms with Gasteiger partial charge in [0.1, 0.15) is 11.4 Å². The smallest absolute Gasteiger partial charge is 0.410 e. The number of carbonyl (C=O) groups excluding carboxylic acids is 3. The molecule has 0 aromatic heterocycles. The van der Waals surface area contributed by atoms with E-state index in [1.807, 2.05) is 51.1 Å². The second-order valence-electron chi connectivity index (χ2n) is 9.65. The van der Waals surface area contributed by atoms with Crippen molar-refractivity contribution in [2.75, 3.05) is 26.7 Å². The molecule has 2 aromatic carbocycles. The lowest BCUT2D eigenvalue weighted by Crippen LogP contribution is -2.46. The second kappa shape index (κ2) is 11.7. The summed E-state index contributed by atoms with van der Waals surface area (Å²) < 4.78 is 10.6. The molecule has 35 heavy (non-hydrogen) atoms. The van der Waals surface area contributed by atoms with Crippen molar-refractivity contribution < 1.29 is 23.9 Å². The minimum absolute atomic E-state index is 0.0755. The summed E-state index contributed by atoms with van der Waals surface area (Å²) in [7, 11) is 1.57. The molecule has 1 fully saturated rings. The van der Waals surface area contributed by atoms with E-state index in [-0.39, 0.29) is 30.4 Å². The summed E-state index contributed by atoms with van der Waals surface area (Å²) in [6.07, 6.45) is 0.792. The Morgan fingerprint density at radius 1 is 1.00 bits per heavy atom. The van der Waals surface area contributed by atoms with Gasteiger partial charge in [0.15, 0.2) is 0 Å². The number of methoxy groups -OCH3 is 1. The lowest BCUT2D eigenvalue weighted by molar-refractivity contribution is -0.126. The Kier molecular flexibility index (Phi) is 8.73. The average molecular weight is 482 g/mol. The van der Waals surface area contributed by atoms with Crippen LogP contribution in [0.1, 0.15) is 55.6 Å². The maximum atomic E-state index is 12.9. The van der Waals surface area contributed by atoms with E-state index in [1.165, 1.54) is 0 Å². The van der Waals surface area contributed by atoms with Crippen LogP contribution < -0.4 is 15.4 Å². The molecule has 2 N–H and O–H groups in total. The number of hydrogen-bond acceptors (Lipinski definition) is 5. The van der Waals surface area contributed by atoms with Crippen LogP contribution in [-0.4, -0.2) is 55.2 Å².